The SMILES string of the molecule is COC(C)(CN)C(C)(C)O.OB(O)O. The molecule has 0 aromatic carbocycles. The lowest BCUT2D eigenvalue weighted by atomic mass is 9.88. The minimum absolute atomic E-state index is 0.312. The first-order valence-electron chi connectivity index (χ1n) is 4.12. The van der Waals surface area contributed by atoms with E-state index in [4.69, 9.17) is 25.5 Å². The summed E-state index contributed by atoms with van der Waals surface area (Å²) >= 11 is 0. The molecule has 0 saturated heterocycles. The van der Waals surface area contributed by atoms with E-state index in [-0.39, 0.29) is 0 Å². The number of ether oxygens (including phenoxy) is 1. The minimum atomic E-state index is -2.17. The zero-order valence-corrected chi connectivity index (χ0v) is 9.06. The normalized spacial score (nSPS) is 15.2. The van der Waals surface area contributed by atoms with Crippen molar-refractivity contribution in [2.24, 2.45) is 5.73 Å². The second-order valence-electron chi connectivity index (χ2n) is 3.54. The Hall–Kier alpha value is -0.175. The fourth-order valence-electron chi connectivity index (χ4n) is 0.583. The van der Waals surface area contributed by atoms with Gasteiger partial charge in [0.2, 0.25) is 0 Å². The van der Waals surface area contributed by atoms with Crippen LogP contribution in [0.3, 0.4) is 0 Å². The Balaban J connectivity index is 0. The van der Waals surface area contributed by atoms with Gasteiger partial charge in [0, 0.05) is 13.7 Å². The van der Waals surface area contributed by atoms with Crippen molar-refractivity contribution in [1.29, 1.82) is 0 Å². The monoisotopic (exact) mass is 209 g/mol. The van der Waals surface area contributed by atoms with Gasteiger partial charge in [-0.3, -0.25) is 0 Å². The summed E-state index contributed by atoms with van der Waals surface area (Å²) in [4.78, 5) is 0. The minimum Gasteiger partial charge on any atom is -0.402 e. The fourth-order valence-corrected chi connectivity index (χ4v) is 0.583. The zero-order valence-electron chi connectivity index (χ0n) is 9.06. The molecule has 0 aliphatic heterocycles. The smallest absolute Gasteiger partial charge is 0.402 e. The predicted molar refractivity (Wildman–Crippen MR) is 53.2 cm³/mol. The van der Waals surface area contributed by atoms with Crippen molar-refractivity contribution >= 4 is 7.32 Å². The van der Waals surface area contributed by atoms with Gasteiger partial charge in [-0.25, -0.2) is 0 Å². The van der Waals surface area contributed by atoms with Gasteiger partial charge in [-0.05, 0) is 20.8 Å². The van der Waals surface area contributed by atoms with E-state index in [2.05, 4.69) is 0 Å². The van der Waals surface area contributed by atoms with E-state index in [1.807, 2.05) is 0 Å². The van der Waals surface area contributed by atoms with E-state index in [0.717, 1.165) is 0 Å². The third-order valence-electron chi connectivity index (χ3n) is 2.13. The number of rotatable bonds is 3. The van der Waals surface area contributed by atoms with E-state index in [1.165, 1.54) is 0 Å². The number of hydrogen-bond acceptors (Lipinski definition) is 6. The van der Waals surface area contributed by atoms with Gasteiger partial charge in [-0.15, -0.1) is 0 Å². The van der Waals surface area contributed by atoms with E-state index in [9.17, 15) is 5.11 Å². The molecule has 0 amide bonds. The lowest BCUT2D eigenvalue weighted by molar-refractivity contribution is -0.134. The van der Waals surface area contributed by atoms with Crippen molar-refractivity contribution in [3.63, 3.8) is 0 Å². The fraction of sp³-hybridized carbons (Fsp3) is 1.00. The van der Waals surface area contributed by atoms with Crippen molar-refractivity contribution < 1.29 is 24.9 Å². The molecule has 0 saturated carbocycles. The molecule has 0 aromatic rings. The van der Waals surface area contributed by atoms with E-state index in [0.29, 0.717) is 6.54 Å². The summed E-state index contributed by atoms with van der Waals surface area (Å²) in [6.45, 7) is 5.46. The van der Waals surface area contributed by atoms with Crippen LogP contribution in [0.25, 0.3) is 0 Å². The molecule has 0 heterocycles. The lowest BCUT2D eigenvalue weighted by Gasteiger charge is -2.37. The summed E-state index contributed by atoms with van der Waals surface area (Å²) in [6, 6.07) is 0. The quantitative estimate of drug-likeness (QED) is 0.345. The first kappa shape index (κ1) is 16.3. The Morgan fingerprint density at radius 2 is 1.50 bits per heavy atom. The van der Waals surface area contributed by atoms with Crippen LogP contribution >= 0.6 is 0 Å². The predicted octanol–water partition coefficient (Wildman–Crippen LogP) is -1.93. The van der Waals surface area contributed by atoms with Crippen molar-refractivity contribution in [3.05, 3.63) is 0 Å². The van der Waals surface area contributed by atoms with Gasteiger partial charge < -0.3 is 30.6 Å². The molecule has 6 nitrogen and oxygen atoms in total. The molecule has 0 bridgehead atoms. The molecule has 86 valence electrons. The summed E-state index contributed by atoms with van der Waals surface area (Å²) in [5, 5.41) is 31.0. The molecule has 1 atom stereocenters. The van der Waals surface area contributed by atoms with Crippen LogP contribution < -0.4 is 5.73 Å². The first-order valence-corrected chi connectivity index (χ1v) is 4.12. The van der Waals surface area contributed by atoms with Gasteiger partial charge in [-0.1, -0.05) is 0 Å². The van der Waals surface area contributed by atoms with Crippen LogP contribution in [-0.4, -0.2) is 52.4 Å². The maximum absolute atomic E-state index is 9.53. The summed E-state index contributed by atoms with van der Waals surface area (Å²) in [6.07, 6.45) is 0. The molecular formula is C7H20BNO5. The second-order valence-corrected chi connectivity index (χ2v) is 3.54. The molecule has 6 N–H and O–H groups in total. The third-order valence-corrected chi connectivity index (χ3v) is 2.13. The molecular weight excluding hydrogens is 189 g/mol. The van der Waals surface area contributed by atoms with Crippen molar-refractivity contribution in [2.75, 3.05) is 13.7 Å². The molecule has 14 heavy (non-hydrogen) atoms. The number of hydrogen-bond donors (Lipinski definition) is 5. The standard InChI is InChI=1S/C7H17NO2.BH3O3/c1-6(2,9)7(3,5-8)10-4;2-1(3)4/h9H,5,8H2,1-4H3;2-4H. The Labute approximate surface area is 84.5 Å². The summed E-state index contributed by atoms with van der Waals surface area (Å²) in [7, 11) is -0.620. The summed E-state index contributed by atoms with van der Waals surface area (Å²) < 4.78 is 5.08. The van der Waals surface area contributed by atoms with Gasteiger partial charge in [0.15, 0.2) is 0 Å². The van der Waals surface area contributed by atoms with Crippen LogP contribution in [0, 0.1) is 0 Å². The molecule has 0 radical (unpaired) electrons. The molecule has 0 aliphatic rings. The average molecular weight is 209 g/mol. The highest BCUT2D eigenvalue weighted by Gasteiger charge is 2.38. The first-order chi connectivity index (χ1) is 6.10. The van der Waals surface area contributed by atoms with Crippen LogP contribution in [0.5, 0.6) is 0 Å². The van der Waals surface area contributed by atoms with Gasteiger partial charge in [0.05, 0.1) is 5.60 Å². The number of aliphatic hydroxyl groups is 1. The van der Waals surface area contributed by atoms with Crippen molar-refractivity contribution in [1.82, 2.24) is 0 Å². The molecule has 0 fully saturated rings. The van der Waals surface area contributed by atoms with E-state index in [1.54, 1.807) is 27.9 Å². The molecule has 1 unspecified atom stereocenters. The van der Waals surface area contributed by atoms with Crippen LogP contribution in [0.2, 0.25) is 0 Å². The van der Waals surface area contributed by atoms with Crippen molar-refractivity contribution in [2.45, 2.75) is 32.0 Å². The number of nitrogens with two attached hydrogens (primary N) is 1. The molecule has 0 spiro atoms. The topological polar surface area (TPSA) is 116 Å². The van der Waals surface area contributed by atoms with Crippen molar-refractivity contribution in [3.8, 4) is 0 Å². The van der Waals surface area contributed by atoms with Crippen LogP contribution in [0.4, 0.5) is 0 Å². The van der Waals surface area contributed by atoms with E-state index >= 15 is 0 Å². The van der Waals surface area contributed by atoms with Gasteiger partial charge in [0.1, 0.15) is 5.60 Å². The largest absolute Gasteiger partial charge is 0.631 e. The Morgan fingerprint density at radius 3 is 1.50 bits per heavy atom. The van der Waals surface area contributed by atoms with E-state index < -0.39 is 18.5 Å². The van der Waals surface area contributed by atoms with Gasteiger partial charge >= 0.3 is 7.32 Å². The zero-order chi connectivity index (χ0) is 12.0. The highest BCUT2D eigenvalue weighted by Crippen LogP contribution is 2.23. The molecule has 0 rings (SSSR count). The Bertz CT molecular complexity index is 141. The highest BCUT2D eigenvalue weighted by molar-refractivity contribution is 6.30. The molecule has 0 aromatic heterocycles. The van der Waals surface area contributed by atoms with Gasteiger partial charge in [-0.2, -0.15) is 0 Å². The Kier molecular flexibility index (Phi) is 7.36. The maximum atomic E-state index is 9.53. The average Bonchev–Trinajstić information content (AvgIpc) is 2.00. The van der Waals surface area contributed by atoms with Crippen LogP contribution in [0.1, 0.15) is 20.8 Å². The highest BCUT2D eigenvalue weighted by atomic mass is 16.5. The third kappa shape index (κ3) is 6.30. The van der Waals surface area contributed by atoms with Gasteiger partial charge in [0.25, 0.3) is 0 Å². The maximum Gasteiger partial charge on any atom is 0.631 e. The number of methoxy groups -OCH3 is 1. The molecule has 7 heteroatoms. The van der Waals surface area contributed by atoms with Crippen LogP contribution in [0.15, 0.2) is 0 Å². The Morgan fingerprint density at radius 1 is 1.21 bits per heavy atom. The molecule has 0 aliphatic carbocycles. The summed E-state index contributed by atoms with van der Waals surface area (Å²) in [5.74, 6) is 0. The summed E-state index contributed by atoms with van der Waals surface area (Å²) in [5.41, 5.74) is 3.88. The second kappa shape index (κ2) is 6.33. The van der Waals surface area contributed by atoms with Crippen LogP contribution in [-0.2, 0) is 4.74 Å². The lowest BCUT2D eigenvalue weighted by Crippen LogP contribution is -2.54.